The number of nitrogens with one attached hydrogen (secondary N) is 1. The molecule has 2 aromatic rings. The first kappa shape index (κ1) is 21.1. The van der Waals surface area contributed by atoms with Crippen molar-refractivity contribution in [3.05, 3.63) is 52.8 Å². The van der Waals surface area contributed by atoms with Crippen LogP contribution < -0.4 is 5.32 Å². The average molecular weight is 424 g/mol. The van der Waals surface area contributed by atoms with Crippen LogP contribution in [0.1, 0.15) is 51.4 Å². The van der Waals surface area contributed by atoms with Crippen LogP contribution in [0, 0.1) is 12.8 Å². The lowest BCUT2D eigenvalue weighted by molar-refractivity contribution is -0.121. The predicted octanol–water partition coefficient (Wildman–Crippen LogP) is 1.84. The number of fused-ring (bicyclic) bond motifs is 1. The van der Waals surface area contributed by atoms with Crippen LogP contribution in [0.2, 0.25) is 0 Å². The van der Waals surface area contributed by atoms with Gasteiger partial charge < -0.3 is 15.1 Å². The van der Waals surface area contributed by atoms with Gasteiger partial charge in [0.2, 0.25) is 5.91 Å². The molecule has 1 aromatic carbocycles. The second-order valence-corrected chi connectivity index (χ2v) is 8.61. The van der Waals surface area contributed by atoms with Crippen LogP contribution in [0.25, 0.3) is 0 Å². The third kappa shape index (κ3) is 5.13. The molecule has 1 aliphatic carbocycles. The molecule has 2 heterocycles. The summed E-state index contributed by atoms with van der Waals surface area (Å²) in [4.78, 5) is 41.1. The molecule has 0 atom stereocenters. The average Bonchev–Trinajstić information content (AvgIpc) is 3.51. The number of aryl methyl sites for hydroxylation is 2. The summed E-state index contributed by atoms with van der Waals surface area (Å²) in [6.45, 7) is 4.41. The first-order chi connectivity index (χ1) is 14.9. The number of benzene rings is 1. The Labute approximate surface area is 182 Å². The Kier molecular flexibility index (Phi) is 6.06. The Morgan fingerprint density at radius 1 is 1.19 bits per heavy atom. The molecule has 2 aliphatic rings. The van der Waals surface area contributed by atoms with E-state index in [9.17, 15) is 14.4 Å². The normalized spacial score (nSPS) is 15.9. The highest BCUT2D eigenvalue weighted by Gasteiger charge is 2.28. The second kappa shape index (κ2) is 8.91. The monoisotopic (exact) mass is 423 g/mol. The number of hydrogen-bond donors (Lipinski definition) is 1. The molecule has 1 N–H and O–H groups in total. The highest BCUT2D eigenvalue weighted by Crippen LogP contribution is 2.27. The van der Waals surface area contributed by atoms with Crippen molar-refractivity contribution in [3.8, 4) is 0 Å². The zero-order valence-electron chi connectivity index (χ0n) is 18.1. The third-order valence-electron chi connectivity index (χ3n) is 5.81. The molecular weight excluding hydrogens is 394 g/mol. The van der Waals surface area contributed by atoms with Crippen molar-refractivity contribution in [1.29, 1.82) is 0 Å². The van der Waals surface area contributed by atoms with Gasteiger partial charge in [-0.05, 0) is 37.7 Å². The standard InChI is InChI=1S/C23H29N5O3/c1-16-4-6-18(7-5-16)14-27-10-3-11-28-20(23(27)31)12-19(25-28)22(30)26(2)15-21(29)24-13-17-8-9-17/h4-7,12,17H,3,8-11,13-15H2,1-2H3,(H,24,29). The van der Waals surface area contributed by atoms with Gasteiger partial charge in [-0.25, -0.2) is 0 Å². The number of nitrogens with zero attached hydrogens (tertiary/aromatic N) is 4. The lowest BCUT2D eigenvalue weighted by atomic mass is 10.1. The maximum Gasteiger partial charge on any atom is 0.274 e. The van der Waals surface area contributed by atoms with Gasteiger partial charge in [0.05, 0.1) is 6.54 Å². The van der Waals surface area contributed by atoms with E-state index in [4.69, 9.17) is 0 Å². The summed E-state index contributed by atoms with van der Waals surface area (Å²) in [7, 11) is 1.58. The van der Waals surface area contributed by atoms with E-state index >= 15 is 0 Å². The Balaban J connectivity index is 1.42. The Hall–Kier alpha value is -3.16. The summed E-state index contributed by atoms with van der Waals surface area (Å²) in [6, 6.07) is 9.69. The first-order valence-electron chi connectivity index (χ1n) is 10.9. The molecule has 3 amide bonds. The van der Waals surface area contributed by atoms with E-state index in [1.807, 2.05) is 31.2 Å². The van der Waals surface area contributed by atoms with Crippen molar-refractivity contribution in [3.63, 3.8) is 0 Å². The van der Waals surface area contributed by atoms with Crippen molar-refractivity contribution < 1.29 is 14.4 Å². The summed E-state index contributed by atoms with van der Waals surface area (Å²) >= 11 is 0. The smallest absolute Gasteiger partial charge is 0.274 e. The van der Waals surface area contributed by atoms with Crippen LogP contribution in [0.3, 0.4) is 0 Å². The number of likely N-dealkylation sites (N-methyl/N-ethyl adjacent to an activating group) is 1. The minimum absolute atomic E-state index is 0.0265. The van der Waals surface area contributed by atoms with E-state index in [0.29, 0.717) is 37.8 Å². The van der Waals surface area contributed by atoms with Crippen molar-refractivity contribution in [2.24, 2.45) is 5.92 Å². The van der Waals surface area contributed by atoms with E-state index in [-0.39, 0.29) is 30.0 Å². The molecule has 164 valence electrons. The number of hydrogen-bond acceptors (Lipinski definition) is 4. The molecule has 0 radical (unpaired) electrons. The SMILES string of the molecule is Cc1ccc(CN2CCCn3nc(C(=O)N(C)CC(=O)NCC4CC4)cc3C2=O)cc1. The minimum atomic E-state index is -0.361. The van der Waals surface area contributed by atoms with Gasteiger partial charge in [-0.15, -0.1) is 0 Å². The van der Waals surface area contributed by atoms with Gasteiger partial charge in [0.25, 0.3) is 11.8 Å². The van der Waals surface area contributed by atoms with Crippen LogP contribution in [0.15, 0.2) is 30.3 Å². The summed E-state index contributed by atoms with van der Waals surface area (Å²) in [6.07, 6.45) is 3.08. The lowest BCUT2D eigenvalue weighted by Gasteiger charge is -2.20. The molecule has 0 spiro atoms. The predicted molar refractivity (Wildman–Crippen MR) is 115 cm³/mol. The maximum atomic E-state index is 13.1. The molecule has 1 fully saturated rings. The highest BCUT2D eigenvalue weighted by molar-refractivity contribution is 5.99. The van der Waals surface area contributed by atoms with E-state index < -0.39 is 0 Å². The van der Waals surface area contributed by atoms with E-state index in [1.54, 1.807) is 22.7 Å². The largest absolute Gasteiger partial charge is 0.354 e. The van der Waals surface area contributed by atoms with Crippen molar-refractivity contribution in [2.45, 2.75) is 39.3 Å². The molecule has 31 heavy (non-hydrogen) atoms. The van der Waals surface area contributed by atoms with E-state index in [1.165, 1.54) is 10.5 Å². The molecule has 4 rings (SSSR count). The second-order valence-electron chi connectivity index (χ2n) is 8.61. The molecule has 1 saturated carbocycles. The third-order valence-corrected chi connectivity index (χ3v) is 5.81. The number of rotatable bonds is 7. The van der Waals surface area contributed by atoms with Gasteiger partial charge in [-0.3, -0.25) is 19.1 Å². The van der Waals surface area contributed by atoms with E-state index in [2.05, 4.69) is 10.4 Å². The Morgan fingerprint density at radius 2 is 1.94 bits per heavy atom. The zero-order valence-corrected chi connectivity index (χ0v) is 18.1. The van der Waals surface area contributed by atoms with Gasteiger partial charge in [0.1, 0.15) is 5.69 Å². The van der Waals surface area contributed by atoms with Crippen molar-refractivity contribution in [1.82, 2.24) is 24.9 Å². The fraction of sp³-hybridized carbons (Fsp3) is 0.478. The molecule has 0 saturated heterocycles. The molecule has 8 heteroatoms. The maximum absolute atomic E-state index is 13.1. The Morgan fingerprint density at radius 3 is 2.65 bits per heavy atom. The summed E-state index contributed by atoms with van der Waals surface area (Å²) in [5.41, 5.74) is 2.86. The van der Waals surface area contributed by atoms with E-state index in [0.717, 1.165) is 24.8 Å². The number of amides is 3. The topological polar surface area (TPSA) is 87.5 Å². The first-order valence-corrected chi connectivity index (χ1v) is 10.9. The van der Waals surface area contributed by atoms with Crippen LogP contribution in [-0.2, 0) is 17.9 Å². The van der Waals surface area contributed by atoms with Gasteiger partial charge in [-0.2, -0.15) is 5.10 Å². The van der Waals surface area contributed by atoms with Crippen LogP contribution in [0.4, 0.5) is 0 Å². The highest BCUT2D eigenvalue weighted by atomic mass is 16.2. The minimum Gasteiger partial charge on any atom is -0.354 e. The molecule has 1 aliphatic heterocycles. The van der Waals surface area contributed by atoms with Crippen LogP contribution in [0.5, 0.6) is 0 Å². The van der Waals surface area contributed by atoms with Crippen molar-refractivity contribution >= 4 is 17.7 Å². The van der Waals surface area contributed by atoms with Gasteiger partial charge in [0.15, 0.2) is 5.69 Å². The molecule has 0 unspecified atom stereocenters. The molecule has 1 aromatic heterocycles. The number of carbonyl (C=O) groups is 3. The fourth-order valence-electron chi connectivity index (χ4n) is 3.72. The fourth-order valence-corrected chi connectivity index (χ4v) is 3.72. The van der Waals surface area contributed by atoms with Crippen LogP contribution >= 0.6 is 0 Å². The van der Waals surface area contributed by atoms with Crippen LogP contribution in [-0.4, -0.2) is 64.0 Å². The van der Waals surface area contributed by atoms with Gasteiger partial charge in [-0.1, -0.05) is 29.8 Å². The summed E-state index contributed by atoms with van der Waals surface area (Å²) in [5.74, 6) is -0.0824. The number of carbonyl (C=O) groups excluding carboxylic acids is 3. The summed E-state index contributed by atoms with van der Waals surface area (Å²) in [5, 5.41) is 7.23. The Bertz CT molecular complexity index is 978. The molecule has 0 bridgehead atoms. The summed E-state index contributed by atoms with van der Waals surface area (Å²) < 4.78 is 1.62. The zero-order chi connectivity index (χ0) is 22.0. The molecular formula is C23H29N5O3. The quantitative estimate of drug-likeness (QED) is 0.736. The number of aromatic nitrogens is 2. The van der Waals surface area contributed by atoms with Crippen molar-refractivity contribution in [2.75, 3.05) is 26.7 Å². The van der Waals surface area contributed by atoms with Gasteiger partial charge >= 0.3 is 0 Å². The lowest BCUT2D eigenvalue weighted by Crippen LogP contribution is -2.39. The van der Waals surface area contributed by atoms with Gasteiger partial charge in [0, 0.05) is 39.3 Å². The molecule has 8 nitrogen and oxygen atoms in total.